The van der Waals surface area contributed by atoms with Gasteiger partial charge in [-0.15, -0.1) is 0 Å². The Kier molecular flexibility index (Phi) is 6.36. The number of amides is 1. The fourth-order valence-electron chi connectivity index (χ4n) is 4.77. The highest BCUT2D eigenvalue weighted by Crippen LogP contribution is 2.33. The number of rotatable bonds is 6. The molecule has 1 amide bonds. The summed E-state index contributed by atoms with van der Waals surface area (Å²) in [5.41, 5.74) is 4.80. The number of furan rings is 1. The molecule has 0 spiro atoms. The van der Waals surface area contributed by atoms with Crippen LogP contribution in [0.1, 0.15) is 0 Å². The quantitative estimate of drug-likeness (QED) is 0.368. The number of methoxy groups -OCH3 is 1. The van der Waals surface area contributed by atoms with Crippen molar-refractivity contribution in [3.05, 3.63) is 83.3 Å². The van der Waals surface area contributed by atoms with Crippen LogP contribution in [0.5, 0.6) is 5.88 Å². The zero-order chi connectivity index (χ0) is 26.1. The van der Waals surface area contributed by atoms with Gasteiger partial charge in [0.05, 0.1) is 32.6 Å². The Hall–Kier alpha value is -4.47. The predicted molar refractivity (Wildman–Crippen MR) is 145 cm³/mol. The van der Waals surface area contributed by atoms with Crippen molar-refractivity contribution >= 4 is 33.7 Å². The van der Waals surface area contributed by atoms with E-state index in [1.54, 1.807) is 30.0 Å². The minimum atomic E-state index is -0.200. The Morgan fingerprint density at radius 3 is 2.61 bits per heavy atom. The van der Waals surface area contributed by atoms with Crippen LogP contribution in [0.4, 0.5) is 5.69 Å². The van der Waals surface area contributed by atoms with Crippen molar-refractivity contribution in [2.75, 3.05) is 45.3 Å². The maximum atomic E-state index is 13.2. The number of ether oxygens (including phenoxy) is 2. The van der Waals surface area contributed by atoms with E-state index in [1.807, 2.05) is 48.5 Å². The number of carbonyl (C=O) groups excluding carboxylic acids is 1. The average molecular weight is 511 g/mol. The molecule has 5 aromatic rings. The Labute approximate surface area is 218 Å². The lowest BCUT2D eigenvalue weighted by Gasteiger charge is -2.25. The van der Waals surface area contributed by atoms with Gasteiger partial charge in [-0.1, -0.05) is 12.1 Å². The minimum absolute atomic E-state index is 0.110. The van der Waals surface area contributed by atoms with Crippen LogP contribution in [0.3, 0.4) is 0 Å². The number of fused-ring (bicyclic) bond motifs is 3. The fraction of sp³-hybridized carbons (Fsp3) is 0.207. The summed E-state index contributed by atoms with van der Waals surface area (Å²) in [6, 6.07) is 20.0. The summed E-state index contributed by atoms with van der Waals surface area (Å²) in [5, 5.41) is 3.76. The van der Waals surface area contributed by atoms with Gasteiger partial charge in [0.2, 0.25) is 11.8 Å². The molecule has 0 aliphatic carbocycles. The van der Waals surface area contributed by atoms with Gasteiger partial charge in [0.15, 0.2) is 5.58 Å². The standard InChI is InChI=1S/C29H26N4O5/c1-36-27-9-6-20(17-30-27)19-5-7-24-23(15-19)29-25(38-24)8-10-28(35)33(29)22-4-2-3-21(16-22)31-26(34)18-32-11-13-37-14-12-32/h2-10,15-17H,11-14,18H2,1H3,(H,31,34). The normalized spacial score (nSPS) is 14.1. The molecule has 9 nitrogen and oxygen atoms in total. The SMILES string of the molecule is COc1ccc(-c2ccc3oc4ccc(=O)n(-c5cccc(NC(=O)CN6CCOCC6)c5)c4c3c2)cn1. The van der Waals surface area contributed by atoms with Crippen molar-refractivity contribution in [2.45, 2.75) is 0 Å². The number of hydrogen-bond donors (Lipinski definition) is 1. The summed E-state index contributed by atoms with van der Waals surface area (Å²) in [4.78, 5) is 32.2. The third-order valence-electron chi connectivity index (χ3n) is 6.65. The highest BCUT2D eigenvalue weighted by molar-refractivity contribution is 6.05. The maximum Gasteiger partial charge on any atom is 0.255 e. The molecule has 4 heterocycles. The summed E-state index contributed by atoms with van der Waals surface area (Å²) in [7, 11) is 1.58. The lowest BCUT2D eigenvalue weighted by atomic mass is 10.1. The zero-order valence-corrected chi connectivity index (χ0v) is 20.8. The van der Waals surface area contributed by atoms with Crippen LogP contribution < -0.4 is 15.6 Å². The molecule has 0 bridgehead atoms. The minimum Gasteiger partial charge on any atom is -0.481 e. The number of nitrogens with one attached hydrogen (secondary N) is 1. The van der Waals surface area contributed by atoms with Gasteiger partial charge in [0, 0.05) is 48.1 Å². The fourth-order valence-corrected chi connectivity index (χ4v) is 4.77. The number of aromatic nitrogens is 2. The summed E-state index contributed by atoms with van der Waals surface area (Å²) >= 11 is 0. The van der Waals surface area contributed by atoms with E-state index in [0.29, 0.717) is 53.7 Å². The van der Waals surface area contributed by atoms with E-state index >= 15 is 0 Å². The Morgan fingerprint density at radius 1 is 1.00 bits per heavy atom. The highest BCUT2D eigenvalue weighted by Gasteiger charge is 2.17. The number of carbonyl (C=O) groups is 1. The van der Waals surface area contributed by atoms with Crippen molar-refractivity contribution in [3.63, 3.8) is 0 Å². The van der Waals surface area contributed by atoms with Crippen LogP contribution in [0.15, 0.2) is 82.1 Å². The zero-order valence-electron chi connectivity index (χ0n) is 20.8. The van der Waals surface area contributed by atoms with Gasteiger partial charge in [-0.25, -0.2) is 4.98 Å². The first kappa shape index (κ1) is 23.9. The number of nitrogens with zero attached hydrogens (tertiary/aromatic N) is 3. The van der Waals surface area contributed by atoms with E-state index in [4.69, 9.17) is 13.9 Å². The van der Waals surface area contributed by atoms with Crippen LogP contribution in [-0.2, 0) is 9.53 Å². The molecular weight excluding hydrogens is 484 g/mol. The van der Waals surface area contributed by atoms with Crippen molar-refractivity contribution in [1.29, 1.82) is 0 Å². The maximum absolute atomic E-state index is 13.2. The lowest BCUT2D eigenvalue weighted by molar-refractivity contribution is -0.118. The lowest BCUT2D eigenvalue weighted by Crippen LogP contribution is -2.41. The van der Waals surface area contributed by atoms with Gasteiger partial charge >= 0.3 is 0 Å². The summed E-state index contributed by atoms with van der Waals surface area (Å²) < 4.78 is 18.2. The molecule has 0 radical (unpaired) electrons. The van der Waals surface area contributed by atoms with E-state index < -0.39 is 0 Å². The molecule has 3 aromatic heterocycles. The molecule has 0 saturated carbocycles. The van der Waals surface area contributed by atoms with Crippen LogP contribution in [-0.4, -0.2) is 60.3 Å². The van der Waals surface area contributed by atoms with Gasteiger partial charge < -0.3 is 19.2 Å². The second-order valence-corrected chi connectivity index (χ2v) is 9.11. The second kappa shape index (κ2) is 10.1. The third kappa shape index (κ3) is 4.65. The van der Waals surface area contributed by atoms with Gasteiger partial charge in [-0.2, -0.15) is 0 Å². The number of pyridine rings is 2. The molecule has 1 aliphatic heterocycles. The second-order valence-electron chi connectivity index (χ2n) is 9.11. The summed E-state index contributed by atoms with van der Waals surface area (Å²) in [6.45, 7) is 3.01. The summed E-state index contributed by atoms with van der Waals surface area (Å²) in [6.07, 6.45) is 1.75. The Bertz CT molecular complexity index is 1680. The first-order valence-corrected chi connectivity index (χ1v) is 12.4. The van der Waals surface area contributed by atoms with Crippen LogP contribution in [0, 0.1) is 0 Å². The van der Waals surface area contributed by atoms with Crippen molar-refractivity contribution in [2.24, 2.45) is 0 Å². The van der Waals surface area contributed by atoms with Crippen LogP contribution in [0.2, 0.25) is 0 Å². The summed E-state index contributed by atoms with van der Waals surface area (Å²) in [5.74, 6) is 0.426. The molecule has 192 valence electrons. The van der Waals surface area contributed by atoms with Gasteiger partial charge in [0.25, 0.3) is 5.56 Å². The van der Waals surface area contributed by atoms with Gasteiger partial charge in [-0.05, 0) is 48.0 Å². The number of anilines is 1. The smallest absolute Gasteiger partial charge is 0.255 e. The molecule has 1 N–H and O–H groups in total. The molecule has 0 unspecified atom stereocenters. The Balaban J connectivity index is 1.38. The van der Waals surface area contributed by atoms with Crippen LogP contribution in [0.25, 0.3) is 38.9 Å². The predicted octanol–water partition coefficient (Wildman–Crippen LogP) is 4.08. The first-order valence-electron chi connectivity index (χ1n) is 12.4. The van der Waals surface area contributed by atoms with Crippen LogP contribution >= 0.6 is 0 Å². The molecule has 6 rings (SSSR count). The van der Waals surface area contributed by atoms with E-state index in [2.05, 4.69) is 15.2 Å². The molecule has 9 heteroatoms. The Morgan fingerprint density at radius 2 is 1.82 bits per heavy atom. The number of hydrogen-bond acceptors (Lipinski definition) is 7. The van der Waals surface area contributed by atoms with Gasteiger partial charge in [-0.3, -0.25) is 19.1 Å². The topological polar surface area (TPSA) is 98.8 Å². The number of benzene rings is 2. The van der Waals surface area contributed by atoms with E-state index in [-0.39, 0.29) is 11.5 Å². The average Bonchev–Trinajstić information content (AvgIpc) is 3.31. The number of morpholine rings is 1. The van der Waals surface area contributed by atoms with Crippen molar-refractivity contribution < 1.29 is 18.7 Å². The monoisotopic (exact) mass is 510 g/mol. The highest BCUT2D eigenvalue weighted by atomic mass is 16.5. The first-order chi connectivity index (χ1) is 18.6. The third-order valence-corrected chi connectivity index (χ3v) is 6.65. The van der Waals surface area contributed by atoms with Crippen molar-refractivity contribution in [1.82, 2.24) is 14.5 Å². The van der Waals surface area contributed by atoms with Crippen molar-refractivity contribution in [3.8, 4) is 22.7 Å². The molecule has 2 aromatic carbocycles. The van der Waals surface area contributed by atoms with E-state index in [9.17, 15) is 9.59 Å². The largest absolute Gasteiger partial charge is 0.481 e. The van der Waals surface area contributed by atoms with E-state index in [1.165, 1.54) is 6.07 Å². The molecule has 0 atom stereocenters. The molecule has 1 saturated heterocycles. The molecular formula is C29H26N4O5. The molecule has 1 aliphatic rings. The van der Waals surface area contributed by atoms with Gasteiger partial charge in [0.1, 0.15) is 11.1 Å². The molecule has 38 heavy (non-hydrogen) atoms. The molecule has 1 fully saturated rings. The van der Waals surface area contributed by atoms with E-state index in [0.717, 1.165) is 29.6 Å².